The van der Waals surface area contributed by atoms with Crippen LogP contribution in [0.25, 0.3) is 10.4 Å². The standard InChI is InChI=1S/C16H19N3O2S/c1-9(2)12(15(17)20)19-16(21)13-14(22-10(3)18-13)11-7-5-4-6-8-11/h4-9,12H,1-3H3,(H2,17,20)(H,19,21)/t12-/m1/s1. The summed E-state index contributed by atoms with van der Waals surface area (Å²) < 4.78 is 0. The van der Waals surface area contributed by atoms with Crippen LogP contribution in [0, 0.1) is 12.8 Å². The van der Waals surface area contributed by atoms with E-state index < -0.39 is 11.9 Å². The summed E-state index contributed by atoms with van der Waals surface area (Å²) in [5.41, 5.74) is 6.61. The molecule has 0 aliphatic carbocycles. The van der Waals surface area contributed by atoms with Gasteiger partial charge in [-0.1, -0.05) is 44.2 Å². The topological polar surface area (TPSA) is 85.1 Å². The quantitative estimate of drug-likeness (QED) is 0.887. The number of hydrogen-bond acceptors (Lipinski definition) is 4. The first-order valence-corrected chi connectivity index (χ1v) is 7.84. The Labute approximate surface area is 133 Å². The maximum absolute atomic E-state index is 12.5. The SMILES string of the molecule is Cc1nc(C(=O)N[C@@H](C(N)=O)C(C)C)c(-c2ccccc2)s1. The lowest BCUT2D eigenvalue weighted by atomic mass is 10.0. The van der Waals surface area contributed by atoms with Crippen LogP contribution < -0.4 is 11.1 Å². The van der Waals surface area contributed by atoms with Gasteiger partial charge in [0.1, 0.15) is 11.7 Å². The van der Waals surface area contributed by atoms with Crippen LogP contribution in [0.1, 0.15) is 29.3 Å². The summed E-state index contributed by atoms with van der Waals surface area (Å²) in [6.07, 6.45) is 0. The van der Waals surface area contributed by atoms with Crippen molar-refractivity contribution in [3.05, 3.63) is 41.0 Å². The molecule has 0 saturated heterocycles. The molecule has 1 heterocycles. The summed E-state index contributed by atoms with van der Waals surface area (Å²) in [7, 11) is 0. The summed E-state index contributed by atoms with van der Waals surface area (Å²) in [6.45, 7) is 5.52. The smallest absolute Gasteiger partial charge is 0.272 e. The normalized spacial score (nSPS) is 12.2. The first kappa shape index (κ1) is 16.2. The van der Waals surface area contributed by atoms with E-state index in [0.29, 0.717) is 5.69 Å². The zero-order valence-corrected chi connectivity index (χ0v) is 13.6. The predicted molar refractivity (Wildman–Crippen MR) is 87.6 cm³/mol. The Bertz CT molecular complexity index is 680. The molecule has 116 valence electrons. The van der Waals surface area contributed by atoms with Gasteiger partial charge in [0, 0.05) is 0 Å². The molecule has 2 aromatic rings. The van der Waals surface area contributed by atoms with E-state index in [0.717, 1.165) is 15.4 Å². The number of aromatic nitrogens is 1. The average Bonchev–Trinajstić information content (AvgIpc) is 2.87. The van der Waals surface area contributed by atoms with Crippen molar-refractivity contribution in [2.75, 3.05) is 0 Å². The summed E-state index contributed by atoms with van der Waals surface area (Å²) in [4.78, 5) is 29.1. The van der Waals surface area contributed by atoms with Gasteiger partial charge in [0.2, 0.25) is 5.91 Å². The Morgan fingerprint density at radius 1 is 1.23 bits per heavy atom. The molecule has 1 aromatic carbocycles. The molecule has 5 nitrogen and oxygen atoms in total. The molecular formula is C16H19N3O2S. The highest BCUT2D eigenvalue weighted by Crippen LogP contribution is 2.30. The second-order valence-corrected chi connectivity index (χ2v) is 6.58. The second kappa shape index (κ2) is 6.70. The number of carbonyl (C=O) groups excluding carboxylic acids is 2. The number of thiazole rings is 1. The number of primary amides is 1. The molecule has 1 aromatic heterocycles. The highest BCUT2D eigenvalue weighted by atomic mass is 32.1. The van der Waals surface area contributed by atoms with E-state index in [4.69, 9.17) is 5.73 Å². The molecule has 0 unspecified atom stereocenters. The first-order chi connectivity index (χ1) is 10.4. The van der Waals surface area contributed by atoms with Crippen molar-refractivity contribution in [2.24, 2.45) is 11.7 Å². The highest BCUT2D eigenvalue weighted by molar-refractivity contribution is 7.15. The van der Waals surface area contributed by atoms with Crippen molar-refractivity contribution in [1.29, 1.82) is 0 Å². The van der Waals surface area contributed by atoms with Crippen LogP contribution in [0.3, 0.4) is 0 Å². The van der Waals surface area contributed by atoms with Gasteiger partial charge in [0.15, 0.2) is 0 Å². The van der Waals surface area contributed by atoms with Crippen LogP contribution in [0.4, 0.5) is 0 Å². The van der Waals surface area contributed by atoms with Crippen molar-refractivity contribution in [1.82, 2.24) is 10.3 Å². The van der Waals surface area contributed by atoms with Crippen LogP contribution in [-0.2, 0) is 4.79 Å². The molecule has 0 saturated carbocycles. The minimum atomic E-state index is -0.710. The van der Waals surface area contributed by atoms with E-state index in [1.54, 1.807) is 0 Å². The van der Waals surface area contributed by atoms with Gasteiger partial charge in [-0.2, -0.15) is 0 Å². The molecule has 0 bridgehead atoms. The number of nitrogens with one attached hydrogen (secondary N) is 1. The fourth-order valence-electron chi connectivity index (χ4n) is 2.14. The van der Waals surface area contributed by atoms with Crippen molar-refractivity contribution < 1.29 is 9.59 Å². The Morgan fingerprint density at radius 3 is 2.41 bits per heavy atom. The zero-order valence-electron chi connectivity index (χ0n) is 12.8. The number of carbonyl (C=O) groups is 2. The Balaban J connectivity index is 2.33. The summed E-state index contributed by atoms with van der Waals surface area (Å²) in [6, 6.07) is 8.88. The fourth-order valence-corrected chi connectivity index (χ4v) is 3.06. The maximum Gasteiger partial charge on any atom is 0.272 e. The van der Waals surface area contributed by atoms with Crippen molar-refractivity contribution in [3.63, 3.8) is 0 Å². The van der Waals surface area contributed by atoms with Crippen LogP contribution in [-0.4, -0.2) is 22.8 Å². The van der Waals surface area contributed by atoms with Gasteiger partial charge in [-0.3, -0.25) is 9.59 Å². The molecule has 0 aliphatic heterocycles. The number of nitrogens with zero attached hydrogens (tertiary/aromatic N) is 1. The van der Waals surface area contributed by atoms with Crippen LogP contribution in [0.2, 0.25) is 0 Å². The number of benzene rings is 1. The van der Waals surface area contributed by atoms with E-state index >= 15 is 0 Å². The number of amides is 2. The highest BCUT2D eigenvalue weighted by Gasteiger charge is 2.25. The van der Waals surface area contributed by atoms with Crippen LogP contribution in [0.5, 0.6) is 0 Å². The van der Waals surface area contributed by atoms with Crippen molar-refractivity contribution in [2.45, 2.75) is 26.8 Å². The van der Waals surface area contributed by atoms with Crippen molar-refractivity contribution >= 4 is 23.2 Å². The largest absolute Gasteiger partial charge is 0.368 e. The molecule has 0 radical (unpaired) electrons. The van der Waals surface area contributed by atoms with Gasteiger partial charge in [-0.05, 0) is 18.4 Å². The summed E-state index contributed by atoms with van der Waals surface area (Å²) >= 11 is 1.45. The van der Waals surface area contributed by atoms with Crippen LogP contribution in [0.15, 0.2) is 30.3 Å². The summed E-state index contributed by atoms with van der Waals surface area (Å²) in [5, 5.41) is 3.48. The molecule has 0 spiro atoms. The molecule has 2 amide bonds. The lowest BCUT2D eigenvalue weighted by molar-refractivity contribution is -0.120. The maximum atomic E-state index is 12.5. The Hall–Kier alpha value is -2.21. The lowest BCUT2D eigenvalue weighted by Gasteiger charge is -2.18. The number of nitrogens with two attached hydrogens (primary N) is 1. The minimum Gasteiger partial charge on any atom is -0.368 e. The number of rotatable bonds is 5. The average molecular weight is 317 g/mol. The van der Waals surface area contributed by atoms with Gasteiger partial charge in [-0.25, -0.2) is 4.98 Å². The molecule has 0 fully saturated rings. The van der Waals surface area contributed by atoms with Gasteiger partial charge < -0.3 is 11.1 Å². The number of hydrogen-bond donors (Lipinski definition) is 2. The second-order valence-electron chi connectivity index (χ2n) is 5.37. The molecular weight excluding hydrogens is 298 g/mol. The minimum absolute atomic E-state index is 0.0821. The molecule has 6 heteroatoms. The monoisotopic (exact) mass is 317 g/mol. The van der Waals surface area contributed by atoms with E-state index in [9.17, 15) is 9.59 Å². The van der Waals surface area contributed by atoms with E-state index in [2.05, 4.69) is 10.3 Å². The third-order valence-electron chi connectivity index (χ3n) is 3.24. The molecule has 0 aliphatic rings. The van der Waals surface area contributed by atoms with Crippen LogP contribution >= 0.6 is 11.3 Å². The first-order valence-electron chi connectivity index (χ1n) is 7.03. The third-order valence-corrected chi connectivity index (χ3v) is 4.26. The fraction of sp³-hybridized carbons (Fsp3) is 0.312. The van der Waals surface area contributed by atoms with Crippen molar-refractivity contribution in [3.8, 4) is 10.4 Å². The predicted octanol–water partition coefficient (Wildman–Crippen LogP) is 2.36. The Kier molecular flexibility index (Phi) is 4.92. The van der Waals surface area contributed by atoms with E-state index in [1.807, 2.05) is 51.1 Å². The van der Waals surface area contributed by atoms with Gasteiger partial charge in [0.05, 0.1) is 9.88 Å². The number of aryl methyl sites for hydroxylation is 1. The van der Waals surface area contributed by atoms with E-state index in [1.165, 1.54) is 11.3 Å². The van der Waals surface area contributed by atoms with E-state index in [-0.39, 0.29) is 11.8 Å². The van der Waals surface area contributed by atoms with Gasteiger partial charge in [0.25, 0.3) is 5.91 Å². The lowest BCUT2D eigenvalue weighted by Crippen LogP contribution is -2.47. The third kappa shape index (κ3) is 3.51. The molecule has 2 rings (SSSR count). The van der Waals surface area contributed by atoms with Gasteiger partial charge in [-0.15, -0.1) is 11.3 Å². The van der Waals surface area contributed by atoms with Gasteiger partial charge >= 0.3 is 0 Å². The molecule has 1 atom stereocenters. The molecule has 22 heavy (non-hydrogen) atoms. The summed E-state index contributed by atoms with van der Waals surface area (Å²) in [5.74, 6) is -1.00. The zero-order chi connectivity index (χ0) is 16.3. The molecule has 3 N–H and O–H groups in total. The Morgan fingerprint density at radius 2 is 1.86 bits per heavy atom.